The summed E-state index contributed by atoms with van der Waals surface area (Å²) in [5.41, 5.74) is 7.41. The molecule has 0 saturated heterocycles. The molecule has 1 heterocycles. The number of rotatable bonds is 11. The number of nitrogens with zero attached hydrogens (tertiary/aromatic N) is 2. The number of benzene rings is 2. The number of hydrogen-bond donors (Lipinski definition) is 2. The lowest BCUT2D eigenvalue weighted by Gasteiger charge is -2.28. The zero-order valence-corrected chi connectivity index (χ0v) is 21.0. The average molecular weight is 493 g/mol. The maximum atomic E-state index is 15.6. The van der Waals surface area contributed by atoms with Crippen molar-refractivity contribution in [3.8, 4) is 17.4 Å². The van der Waals surface area contributed by atoms with Crippen LogP contribution in [0.4, 0.5) is 15.9 Å². The number of anilines is 2. The van der Waals surface area contributed by atoms with Gasteiger partial charge < -0.3 is 24.8 Å². The van der Waals surface area contributed by atoms with Gasteiger partial charge in [-0.15, -0.1) is 0 Å². The van der Waals surface area contributed by atoms with Gasteiger partial charge in [0.25, 0.3) is 0 Å². The molecule has 0 aliphatic heterocycles. The van der Waals surface area contributed by atoms with E-state index < -0.39 is 5.82 Å². The van der Waals surface area contributed by atoms with Crippen molar-refractivity contribution in [2.45, 2.75) is 58.8 Å². The molecule has 190 valence electrons. The lowest BCUT2D eigenvalue weighted by atomic mass is 9.96. The fourth-order valence-electron chi connectivity index (χ4n) is 3.91. The highest BCUT2D eigenvalue weighted by molar-refractivity contribution is 5.95. The number of amidine groups is 1. The van der Waals surface area contributed by atoms with Gasteiger partial charge in [-0.2, -0.15) is 4.98 Å². The molecule has 1 fully saturated rings. The Morgan fingerprint density at radius 3 is 2.53 bits per heavy atom. The minimum absolute atomic E-state index is 0.0203. The van der Waals surface area contributed by atoms with Crippen LogP contribution in [0.25, 0.3) is 0 Å². The molecular weight excluding hydrogens is 459 g/mol. The van der Waals surface area contributed by atoms with E-state index >= 15 is 4.39 Å². The van der Waals surface area contributed by atoms with Gasteiger partial charge >= 0.3 is 0 Å². The molecule has 4 rings (SSSR count). The first-order chi connectivity index (χ1) is 17.3. The number of nitrogens with one attached hydrogen (secondary N) is 1. The molecule has 3 N–H and O–H groups in total. The monoisotopic (exact) mass is 492 g/mol. The third kappa shape index (κ3) is 6.05. The molecule has 0 bridgehead atoms. The lowest BCUT2D eigenvalue weighted by Crippen LogP contribution is -2.25. The van der Waals surface area contributed by atoms with Gasteiger partial charge in [0.05, 0.1) is 19.3 Å². The number of hydrogen-bond acceptors (Lipinski definition) is 6. The Kier molecular flexibility index (Phi) is 7.93. The van der Waals surface area contributed by atoms with Crippen LogP contribution in [0.15, 0.2) is 54.6 Å². The van der Waals surface area contributed by atoms with Gasteiger partial charge in [-0.1, -0.05) is 6.07 Å². The van der Waals surface area contributed by atoms with E-state index in [-0.39, 0.29) is 30.3 Å². The molecule has 0 radical (unpaired) electrons. The Bertz CT molecular complexity index is 1200. The molecule has 8 heteroatoms. The van der Waals surface area contributed by atoms with E-state index in [1.54, 1.807) is 24.3 Å². The van der Waals surface area contributed by atoms with Crippen LogP contribution in [0.2, 0.25) is 0 Å². The first kappa shape index (κ1) is 25.3. The van der Waals surface area contributed by atoms with Gasteiger partial charge in [-0.3, -0.25) is 5.41 Å². The van der Waals surface area contributed by atoms with Crippen LogP contribution in [-0.2, 0) is 6.54 Å². The third-order valence-electron chi connectivity index (χ3n) is 5.91. The smallest absolute Gasteiger partial charge is 0.215 e. The van der Waals surface area contributed by atoms with Crippen LogP contribution < -0.4 is 24.8 Å². The van der Waals surface area contributed by atoms with Crippen molar-refractivity contribution in [2.24, 2.45) is 5.73 Å². The van der Waals surface area contributed by atoms with E-state index in [1.807, 2.05) is 56.0 Å². The van der Waals surface area contributed by atoms with E-state index in [0.717, 1.165) is 24.9 Å². The normalized spacial score (nSPS) is 13.2. The molecule has 1 saturated carbocycles. The van der Waals surface area contributed by atoms with E-state index in [0.29, 0.717) is 35.2 Å². The Balaban J connectivity index is 1.74. The Morgan fingerprint density at radius 1 is 1.17 bits per heavy atom. The second-order valence-corrected chi connectivity index (χ2v) is 9.05. The number of pyridine rings is 1. The van der Waals surface area contributed by atoms with Gasteiger partial charge in [-0.25, -0.2) is 4.39 Å². The molecule has 0 amide bonds. The fraction of sp³-hybridized carbons (Fsp3) is 0.357. The second kappa shape index (κ2) is 11.3. The number of aromatic nitrogens is 1. The van der Waals surface area contributed by atoms with E-state index in [2.05, 4.69) is 0 Å². The minimum atomic E-state index is -0.445. The highest BCUT2D eigenvalue weighted by Gasteiger charge is 2.22. The summed E-state index contributed by atoms with van der Waals surface area (Å²) in [5, 5.41) is 7.70. The van der Waals surface area contributed by atoms with Crippen LogP contribution in [0, 0.1) is 11.2 Å². The molecule has 36 heavy (non-hydrogen) atoms. The molecular formula is C28H33FN4O3. The highest BCUT2D eigenvalue weighted by Crippen LogP contribution is 2.34. The Hall–Kier alpha value is -3.81. The predicted molar refractivity (Wildman–Crippen MR) is 139 cm³/mol. The van der Waals surface area contributed by atoms with Crippen molar-refractivity contribution in [1.29, 1.82) is 5.41 Å². The van der Waals surface area contributed by atoms with Crippen molar-refractivity contribution in [1.82, 2.24) is 4.98 Å². The number of nitrogens with two attached hydrogens (primary N) is 1. The molecule has 1 aliphatic carbocycles. The average Bonchev–Trinajstić information content (AvgIpc) is 2.82. The summed E-state index contributed by atoms with van der Waals surface area (Å²) in [4.78, 5) is 6.63. The topological polar surface area (TPSA) is 93.7 Å². The fourth-order valence-corrected chi connectivity index (χ4v) is 3.91. The Morgan fingerprint density at radius 2 is 1.92 bits per heavy atom. The summed E-state index contributed by atoms with van der Waals surface area (Å²) in [6.45, 7) is 6.21. The second-order valence-electron chi connectivity index (χ2n) is 9.05. The van der Waals surface area contributed by atoms with Crippen molar-refractivity contribution < 1.29 is 18.6 Å². The van der Waals surface area contributed by atoms with E-state index in [4.69, 9.17) is 30.3 Å². The maximum absolute atomic E-state index is 15.6. The van der Waals surface area contributed by atoms with Crippen LogP contribution in [-0.4, -0.2) is 29.6 Å². The van der Waals surface area contributed by atoms with Crippen molar-refractivity contribution in [3.63, 3.8) is 0 Å². The molecule has 7 nitrogen and oxygen atoms in total. The largest absolute Gasteiger partial charge is 0.494 e. The molecule has 0 spiro atoms. The summed E-state index contributed by atoms with van der Waals surface area (Å²) in [7, 11) is 0. The number of nitrogen functional groups attached to an aromatic ring is 1. The van der Waals surface area contributed by atoms with Gasteiger partial charge in [0.15, 0.2) is 11.6 Å². The zero-order valence-electron chi connectivity index (χ0n) is 21.0. The van der Waals surface area contributed by atoms with Crippen molar-refractivity contribution in [3.05, 3.63) is 71.5 Å². The van der Waals surface area contributed by atoms with Crippen LogP contribution in [0.1, 0.15) is 51.2 Å². The molecule has 3 aromatic rings. The minimum Gasteiger partial charge on any atom is -0.494 e. The van der Waals surface area contributed by atoms with Crippen LogP contribution in [0.3, 0.4) is 0 Å². The van der Waals surface area contributed by atoms with Crippen molar-refractivity contribution in [2.75, 3.05) is 11.5 Å². The summed E-state index contributed by atoms with van der Waals surface area (Å²) in [6, 6.07) is 16.1. The summed E-state index contributed by atoms with van der Waals surface area (Å²) >= 11 is 0. The lowest BCUT2D eigenvalue weighted by molar-refractivity contribution is 0.115. The van der Waals surface area contributed by atoms with Crippen molar-refractivity contribution >= 4 is 17.3 Å². The SMILES string of the molecule is CCOc1cc(CN(c2ccc(C(=N)N)cc2)c2cccc(OC3CCC3)n2)c(F)c(OC(C)C)c1. The first-order valence-electron chi connectivity index (χ1n) is 12.3. The zero-order chi connectivity index (χ0) is 25.7. The first-order valence-corrected chi connectivity index (χ1v) is 12.3. The Labute approximate surface area is 211 Å². The highest BCUT2D eigenvalue weighted by atomic mass is 19.1. The quantitative estimate of drug-likeness (QED) is 0.253. The summed E-state index contributed by atoms with van der Waals surface area (Å²) in [5.74, 6) is 1.36. The van der Waals surface area contributed by atoms with Gasteiger partial charge in [0, 0.05) is 28.9 Å². The molecule has 1 aliphatic rings. The standard InChI is InChI=1S/C28H33FN4O3/c1-4-34-23-15-20(27(29)24(16-23)35-18(2)3)17-33(21-13-11-19(12-14-21)28(30)31)25-9-6-10-26(32-25)36-22-7-5-8-22/h6,9-16,18,22H,4-5,7-8,17H2,1-3H3,(H3,30,31). The molecule has 1 aromatic heterocycles. The molecule has 0 unspecified atom stereocenters. The number of halogens is 1. The van der Waals surface area contributed by atoms with Crippen LogP contribution in [0.5, 0.6) is 17.4 Å². The van der Waals surface area contributed by atoms with E-state index in [1.165, 1.54) is 0 Å². The summed E-state index contributed by atoms with van der Waals surface area (Å²) < 4.78 is 33.1. The number of ether oxygens (including phenoxy) is 3. The third-order valence-corrected chi connectivity index (χ3v) is 5.91. The van der Waals surface area contributed by atoms with Gasteiger partial charge in [0.1, 0.15) is 23.5 Å². The van der Waals surface area contributed by atoms with Gasteiger partial charge in [-0.05, 0) is 76.4 Å². The summed E-state index contributed by atoms with van der Waals surface area (Å²) in [6.07, 6.45) is 3.20. The molecule has 2 aromatic carbocycles. The van der Waals surface area contributed by atoms with Crippen LogP contribution >= 0.6 is 0 Å². The predicted octanol–water partition coefficient (Wildman–Crippen LogP) is 5.96. The van der Waals surface area contributed by atoms with E-state index in [9.17, 15) is 0 Å². The maximum Gasteiger partial charge on any atom is 0.215 e. The van der Waals surface area contributed by atoms with Gasteiger partial charge in [0.2, 0.25) is 5.88 Å². The molecule has 0 atom stereocenters.